The number of benzene rings is 1. The predicted molar refractivity (Wildman–Crippen MR) is 89.9 cm³/mol. The Morgan fingerprint density at radius 2 is 2.13 bits per heavy atom. The van der Waals surface area contributed by atoms with E-state index >= 15 is 0 Å². The smallest absolute Gasteiger partial charge is 0.254 e. The number of hydrogen-bond donors (Lipinski definition) is 0. The van der Waals surface area contributed by atoms with Crippen molar-refractivity contribution in [3.8, 4) is 0 Å². The first-order valence-corrected chi connectivity index (χ1v) is 8.15. The Bertz CT molecular complexity index is 753. The lowest BCUT2D eigenvalue weighted by Crippen LogP contribution is -2.27. The van der Waals surface area contributed by atoms with Crippen LogP contribution in [0.3, 0.4) is 0 Å². The SMILES string of the molecule is Cc1ccc(CC2CCN(Cc3cccn(C)c3=O)C2)cc1F. The molecule has 1 unspecified atom stereocenters. The van der Waals surface area contributed by atoms with Crippen LogP contribution in [0, 0.1) is 18.7 Å². The molecular weight excluding hydrogens is 291 g/mol. The molecule has 0 radical (unpaired) electrons. The third-order valence-corrected chi connectivity index (χ3v) is 4.73. The molecule has 23 heavy (non-hydrogen) atoms. The summed E-state index contributed by atoms with van der Waals surface area (Å²) < 4.78 is 15.3. The van der Waals surface area contributed by atoms with Crippen molar-refractivity contribution in [2.24, 2.45) is 13.0 Å². The Morgan fingerprint density at radius 3 is 2.91 bits per heavy atom. The molecule has 0 saturated carbocycles. The third-order valence-electron chi connectivity index (χ3n) is 4.73. The van der Waals surface area contributed by atoms with Crippen LogP contribution >= 0.6 is 0 Å². The molecule has 1 aliphatic rings. The number of pyridine rings is 1. The zero-order chi connectivity index (χ0) is 16.4. The van der Waals surface area contributed by atoms with Crippen molar-refractivity contribution in [1.29, 1.82) is 0 Å². The van der Waals surface area contributed by atoms with E-state index in [0.717, 1.165) is 37.1 Å². The van der Waals surface area contributed by atoms with Crippen molar-refractivity contribution in [2.75, 3.05) is 13.1 Å². The minimum absolute atomic E-state index is 0.0801. The van der Waals surface area contributed by atoms with Gasteiger partial charge in [0, 0.05) is 31.9 Å². The van der Waals surface area contributed by atoms with Crippen molar-refractivity contribution in [1.82, 2.24) is 9.47 Å². The van der Waals surface area contributed by atoms with E-state index in [1.165, 1.54) is 0 Å². The van der Waals surface area contributed by atoms with E-state index in [1.807, 2.05) is 24.3 Å². The van der Waals surface area contributed by atoms with E-state index in [1.54, 1.807) is 30.8 Å². The fourth-order valence-corrected chi connectivity index (χ4v) is 3.33. The van der Waals surface area contributed by atoms with Gasteiger partial charge in [0.25, 0.3) is 5.56 Å². The summed E-state index contributed by atoms with van der Waals surface area (Å²) in [5, 5.41) is 0. The summed E-state index contributed by atoms with van der Waals surface area (Å²) in [6.45, 7) is 4.45. The van der Waals surface area contributed by atoms with Gasteiger partial charge in [-0.05, 0) is 55.5 Å². The summed E-state index contributed by atoms with van der Waals surface area (Å²) in [6, 6.07) is 9.36. The van der Waals surface area contributed by atoms with Gasteiger partial charge in [0.15, 0.2) is 0 Å². The second-order valence-electron chi connectivity index (χ2n) is 6.63. The number of hydrogen-bond acceptors (Lipinski definition) is 2. The van der Waals surface area contributed by atoms with Crippen molar-refractivity contribution >= 4 is 0 Å². The first kappa shape index (κ1) is 15.9. The molecule has 122 valence electrons. The van der Waals surface area contributed by atoms with E-state index in [-0.39, 0.29) is 11.4 Å². The highest BCUT2D eigenvalue weighted by Crippen LogP contribution is 2.22. The van der Waals surface area contributed by atoms with Gasteiger partial charge in [0.2, 0.25) is 0 Å². The summed E-state index contributed by atoms with van der Waals surface area (Å²) >= 11 is 0. The van der Waals surface area contributed by atoms with Crippen molar-refractivity contribution in [3.63, 3.8) is 0 Å². The van der Waals surface area contributed by atoms with Crippen LogP contribution in [0.1, 0.15) is 23.1 Å². The molecule has 4 heteroatoms. The molecule has 0 bridgehead atoms. The molecule has 3 nitrogen and oxygen atoms in total. The molecule has 0 spiro atoms. The van der Waals surface area contributed by atoms with Crippen molar-refractivity contribution in [2.45, 2.75) is 26.3 Å². The molecule has 0 N–H and O–H groups in total. The van der Waals surface area contributed by atoms with E-state index in [2.05, 4.69) is 4.90 Å². The molecule has 1 saturated heterocycles. The van der Waals surface area contributed by atoms with Gasteiger partial charge in [-0.2, -0.15) is 0 Å². The lowest BCUT2D eigenvalue weighted by Gasteiger charge is -2.16. The van der Waals surface area contributed by atoms with Crippen LogP contribution < -0.4 is 5.56 Å². The maximum Gasteiger partial charge on any atom is 0.254 e. The molecule has 1 aliphatic heterocycles. The molecule has 1 atom stereocenters. The molecule has 2 heterocycles. The monoisotopic (exact) mass is 314 g/mol. The normalized spacial score (nSPS) is 18.5. The average molecular weight is 314 g/mol. The number of aromatic nitrogens is 1. The number of nitrogens with zero attached hydrogens (tertiary/aromatic N) is 2. The first-order chi connectivity index (χ1) is 11.0. The number of rotatable bonds is 4. The van der Waals surface area contributed by atoms with Gasteiger partial charge in [-0.1, -0.05) is 18.2 Å². The van der Waals surface area contributed by atoms with Gasteiger partial charge in [-0.15, -0.1) is 0 Å². The van der Waals surface area contributed by atoms with E-state index < -0.39 is 0 Å². The molecular formula is C19H23FN2O. The second kappa shape index (κ2) is 6.67. The third kappa shape index (κ3) is 3.70. The first-order valence-electron chi connectivity index (χ1n) is 8.15. The Labute approximate surface area is 136 Å². The summed E-state index contributed by atoms with van der Waals surface area (Å²) in [6.07, 6.45) is 3.79. The Balaban J connectivity index is 1.61. The number of halogens is 1. The average Bonchev–Trinajstić information content (AvgIpc) is 2.95. The quantitative estimate of drug-likeness (QED) is 0.867. The molecule has 0 amide bonds. The zero-order valence-corrected chi connectivity index (χ0v) is 13.8. The highest BCUT2D eigenvalue weighted by atomic mass is 19.1. The van der Waals surface area contributed by atoms with E-state index in [9.17, 15) is 9.18 Å². The molecule has 1 fully saturated rings. The van der Waals surface area contributed by atoms with Gasteiger partial charge in [0.1, 0.15) is 5.82 Å². The van der Waals surface area contributed by atoms with Crippen molar-refractivity contribution < 1.29 is 4.39 Å². The Morgan fingerprint density at radius 1 is 1.30 bits per heavy atom. The maximum absolute atomic E-state index is 13.7. The van der Waals surface area contributed by atoms with Gasteiger partial charge in [-0.25, -0.2) is 4.39 Å². The minimum Gasteiger partial charge on any atom is -0.318 e. The van der Waals surface area contributed by atoms with Crippen LogP contribution in [0.15, 0.2) is 41.3 Å². The largest absolute Gasteiger partial charge is 0.318 e. The summed E-state index contributed by atoms with van der Waals surface area (Å²) in [4.78, 5) is 14.4. The number of aryl methyl sites for hydroxylation is 2. The highest BCUT2D eigenvalue weighted by molar-refractivity contribution is 5.23. The molecule has 1 aromatic carbocycles. The van der Waals surface area contributed by atoms with E-state index in [0.29, 0.717) is 18.0 Å². The molecule has 1 aromatic heterocycles. The maximum atomic E-state index is 13.7. The summed E-state index contributed by atoms with van der Waals surface area (Å²) in [5.41, 5.74) is 2.69. The summed E-state index contributed by atoms with van der Waals surface area (Å²) in [7, 11) is 1.78. The predicted octanol–water partition coefficient (Wildman–Crippen LogP) is 2.90. The van der Waals surface area contributed by atoms with E-state index in [4.69, 9.17) is 0 Å². The van der Waals surface area contributed by atoms with Gasteiger partial charge < -0.3 is 4.57 Å². The highest BCUT2D eigenvalue weighted by Gasteiger charge is 2.23. The second-order valence-corrected chi connectivity index (χ2v) is 6.63. The topological polar surface area (TPSA) is 25.2 Å². The summed E-state index contributed by atoms with van der Waals surface area (Å²) in [5.74, 6) is 0.412. The van der Waals surface area contributed by atoms with Gasteiger partial charge in [-0.3, -0.25) is 9.69 Å². The number of likely N-dealkylation sites (tertiary alicyclic amines) is 1. The Hall–Kier alpha value is -1.94. The van der Waals surface area contributed by atoms with Crippen LogP contribution in [-0.2, 0) is 20.0 Å². The van der Waals surface area contributed by atoms with Gasteiger partial charge in [0.05, 0.1) is 0 Å². The van der Waals surface area contributed by atoms with Crippen LogP contribution in [0.2, 0.25) is 0 Å². The lowest BCUT2D eigenvalue weighted by atomic mass is 9.98. The lowest BCUT2D eigenvalue weighted by molar-refractivity contribution is 0.314. The van der Waals surface area contributed by atoms with Crippen LogP contribution in [0.25, 0.3) is 0 Å². The molecule has 0 aliphatic carbocycles. The molecule has 3 rings (SSSR count). The van der Waals surface area contributed by atoms with Crippen molar-refractivity contribution in [3.05, 3.63) is 69.4 Å². The fourth-order valence-electron chi connectivity index (χ4n) is 3.33. The zero-order valence-electron chi connectivity index (χ0n) is 13.8. The fraction of sp³-hybridized carbons (Fsp3) is 0.421. The Kier molecular flexibility index (Phi) is 4.62. The van der Waals surface area contributed by atoms with Crippen LogP contribution in [0.4, 0.5) is 4.39 Å². The standard InChI is InChI=1S/C19H23FN2O/c1-14-5-6-15(11-18(14)20)10-16-7-9-22(12-16)13-17-4-3-8-21(2)19(17)23/h3-6,8,11,16H,7,9-10,12-13H2,1-2H3. The van der Waals surface area contributed by atoms with Gasteiger partial charge >= 0.3 is 0 Å². The van der Waals surface area contributed by atoms with Crippen LogP contribution in [0.5, 0.6) is 0 Å². The van der Waals surface area contributed by atoms with Crippen LogP contribution in [-0.4, -0.2) is 22.6 Å². The minimum atomic E-state index is -0.120. The molecule has 2 aromatic rings.